The van der Waals surface area contributed by atoms with Crippen molar-refractivity contribution in [2.45, 2.75) is 50.0 Å². The third-order valence-corrected chi connectivity index (χ3v) is 5.97. The number of alkyl halides is 3. The molecule has 7 nitrogen and oxygen atoms in total. The smallest absolute Gasteiger partial charge is 0.475 e. The number of aliphatic carboxylic acids is 1. The summed E-state index contributed by atoms with van der Waals surface area (Å²) in [5, 5.41) is 16.9. The van der Waals surface area contributed by atoms with E-state index in [4.69, 9.17) is 19.1 Å². The molecule has 1 N–H and O–H groups in total. The zero-order valence-corrected chi connectivity index (χ0v) is 17.2. The Morgan fingerprint density at radius 2 is 1.81 bits per heavy atom. The highest BCUT2D eigenvalue weighted by Gasteiger charge is 2.39. The first-order chi connectivity index (χ1) is 15.2. The molecule has 0 amide bonds. The van der Waals surface area contributed by atoms with Gasteiger partial charge in [-0.05, 0) is 63.1 Å². The molecule has 170 valence electrons. The number of fused-ring (bicyclic) bond motifs is 3. The fourth-order valence-electron chi connectivity index (χ4n) is 4.29. The number of piperidine rings is 1. The Kier molecular flexibility index (Phi) is 6.05. The van der Waals surface area contributed by atoms with Crippen molar-refractivity contribution >= 4 is 16.9 Å². The summed E-state index contributed by atoms with van der Waals surface area (Å²) in [5.41, 5.74) is 2.76. The fourth-order valence-corrected chi connectivity index (χ4v) is 4.29. The van der Waals surface area contributed by atoms with Gasteiger partial charge in [-0.1, -0.05) is 0 Å². The molecule has 2 aliphatic heterocycles. The second kappa shape index (κ2) is 8.78. The average Bonchev–Trinajstić information content (AvgIpc) is 3.28. The minimum absolute atomic E-state index is 0.260. The average molecular weight is 449 g/mol. The number of carbonyl (C=O) groups is 1. The van der Waals surface area contributed by atoms with Crippen LogP contribution >= 0.6 is 0 Å². The normalized spacial score (nSPS) is 22.9. The zero-order chi connectivity index (χ0) is 22.9. The Morgan fingerprint density at radius 1 is 1.12 bits per heavy atom. The molecule has 0 saturated carbocycles. The third-order valence-electron chi connectivity index (χ3n) is 5.97. The molecule has 0 radical (unpaired) electrons. The van der Waals surface area contributed by atoms with Crippen molar-refractivity contribution in [3.8, 4) is 17.1 Å². The second-order valence-electron chi connectivity index (χ2n) is 7.99. The van der Waals surface area contributed by atoms with Crippen LogP contribution in [-0.4, -0.2) is 57.6 Å². The maximum absolute atomic E-state index is 10.6. The number of hydrogen-bond acceptors (Lipinski definition) is 6. The summed E-state index contributed by atoms with van der Waals surface area (Å²) in [6.45, 7) is 0. The number of aromatic nitrogens is 2. The molecule has 4 heterocycles. The summed E-state index contributed by atoms with van der Waals surface area (Å²) in [7, 11) is 2.24. The van der Waals surface area contributed by atoms with Crippen LogP contribution in [-0.2, 0) is 4.79 Å². The van der Waals surface area contributed by atoms with Crippen LogP contribution in [0.4, 0.5) is 13.2 Å². The van der Waals surface area contributed by atoms with Gasteiger partial charge in [0.05, 0.1) is 12.0 Å². The van der Waals surface area contributed by atoms with E-state index >= 15 is 0 Å². The van der Waals surface area contributed by atoms with E-state index in [1.165, 1.54) is 12.8 Å². The van der Waals surface area contributed by atoms with E-state index in [0.717, 1.165) is 35.1 Å². The molecular weight excluding hydrogens is 427 g/mol. The quantitative estimate of drug-likeness (QED) is 0.629. The topological polar surface area (TPSA) is 88.7 Å². The van der Waals surface area contributed by atoms with Gasteiger partial charge < -0.3 is 19.2 Å². The van der Waals surface area contributed by atoms with Crippen LogP contribution in [0.5, 0.6) is 5.88 Å². The van der Waals surface area contributed by atoms with E-state index < -0.39 is 12.1 Å². The Labute approximate surface area is 181 Å². The number of rotatable bonds is 3. The van der Waals surface area contributed by atoms with Gasteiger partial charge in [0.15, 0.2) is 0 Å². The molecule has 1 unspecified atom stereocenters. The lowest BCUT2D eigenvalue weighted by molar-refractivity contribution is -0.192. The summed E-state index contributed by atoms with van der Waals surface area (Å²) >= 11 is 0. The maximum atomic E-state index is 10.6. The van der Waals surface area contributed by atoms with Crippen molar-refractivity contribution in [3.05, 3.63) is 42.7 Å². The van der Waals surface area contributed by atoms with Gasteiger partial charge in [-0.3, -0.25) is 0 Å². The lowest BCUT2D eigenvalue weighted by Crippen LogP contribution is -2.43. The Balaban J connectivity index is 0.000000307. The van der Waals surface area contributed by atoms with Crippen molar-refractivity contribution in [1.82, 2.24) is 15.1 Å². The Hall–Kier alpha value is -3.14. The van der Waals surface area contributed by atoms with Gasteiger partial charge in [-0.2, -0.15) is 13.2 Å². The summed E-state index contributed by atoms with van der Waals surface area (Å²) in [5.74, 6) is -2.13. The maximum Gasteiger partial charge on any atom is 0.490 e. The van der Waals surface area contributed by atoms with E-state index in [9.17, 15) is 13.2 Å². The molecule has 5 rings (SSSR count). The summed E-state index contributed by atoms with van der Waals surface area (Å²) < 4.78 is 43.2. The Bertz CT molecular complexity index is 1070. The first-order valence-corrected chi connectivity index (χ1v) is 10.2. The van der Waals surface area contributed by atoms with Crippen LogP contribution in [0, 0.1) is 0 Å². The van der Waals surface area contributed by atoms with Crippen molar-refractivity contribution in [2.75, 3.05) is 7.05 Å². The standard InChI is InChI=1S/C20H21N3O2.C2HF3O2/c1-23-15-3-4-16(23)12-17(11-15)25-20-7-5-18(21-22-20)13-2-6-19-14(10-13)8-9-24-19;3-2(4,5)1(6)7/h2,5-10,15-17H,3-4,11-12H2,1H3;(H,6,7)/t15-,16+,17?;. The third kappa shape index (κ3) is 4.85. The molecule has 1 aromatic carbocycles. The molecule has 2 fully saturated rings. The SMILES string of the molecule is CN1[C@@H]2CC[C@H]1CC(Oc1ccc(-c3ccc4occc4c3)nn1)C2.O=C(O)C(F)(F)F. The molecule has 2 aliphatic rings. The Morgan fingerprint density at radius 3 is 2.41 bits per heavy atom. The number of halogens is 3. The molecule has 0 aliphatic carbocycles. The van der Waals surface area contributed by atoms with Crippen LogP contribution in [0.25, 0.3) is 22.2 Å². The molecule has 2 aromatic heterocycles. The van der Waals surface area contributed by atoms with Crippen molar-refractivity contribution in [3.63, 3.8) is 0 Å². The molecule has 3 atom stereocenters. The molecule has 2 saturated heterocycles. The largest absolute Gasteiger partial charge is 0.490 e. The highest BCUT2D eigenvalue weighted by Crippen LogP contribution is 2.35. The molecule has 0 spiro atoms. The zero-order valence-electron chi connectivity index (χ0n) is 17.2. The van der Waals surface area contributed by atoms with E-state index in [0.29, 0.717) is 18.0 Å². The summed E-state index contributed by atoms with van der Waals surface area (Å²) in [4.78, 5) is 11.4. The monoisotopic (exact) mass is 449 g/mol. The lowest BCUT2D eigenvalue weighted by Gasteiger charge is -2.35. The van der Waals surface area contributed by atoms with Gasteiger partial charge in [-0.15, -0.1) is 10.2 Å². The number of nitrogens with zero attached hydrogens (tertiary/aromatic N) is 3. The number of carboxylic acids is 1. The van der Waals surface area contributed by atoms with Crippen molar-refractivity contribution in [1.29, 1.82) is 0 Å². The van der Waals surface area contributed by atoms with Gasteiger partial charge in [-0.25, -0.2) is 4.79 Å². The van der Waals surface area contributed by atoms with Gasteiger partial charge in [0.2, 0.25) is 5.88 Å². The molecular formula is C22H22F3N3O4. The van der Waals surface area contributed by atoms with E-state index in [1.54, 1.807) is 6.26 Å². The molecule has 32 heavy (non-hydrogen) atoms. The van der Waals surface area contributed by atoms with Crippen LogP contribution in [0.1, 0.15) is 25.7 Å². The van der Waals surface area contributed by atoms with Crippen LogP contribution in [0.2, 0.25) is 0 Å². The van der Waals surface area contributed by atoms with Gasteiger partial charge in [0, 0.05) is 29.1 Å². The van der Waals surface area contributed by atoms with Gasteiger partial charge in [0.1, 0.15) is 11.7 Å². The first-order valence-electron chi connectivity index (χ1n) is 10.2. The number of carboxylic acid groups (broad SMARTS) is 1. The number of ether oxygens (including phenoxy) is 1. The van der Waals surface area contributed by atoms with Crippen molar-refractivity contribution < 1.29 is 32.2 Å². The minimum Gasteiger partial charge on any atom is -0.475 e. The highest BCUT2D eigenvalue weighted by atomic mass is 19.4. The predicted octanol–water partition coefficient (Wildman–Crippen LogP) is 4.53. The van der Waals surface area contributed by atoms with Crippen LogP contribution < -0.4 is 4.74 Å². The van der Waals surface area contributed by atoms with Gasteiger partial charge >= 0.3 is 12.1 Å². The second-order valence-corrected chi connectivity index (χ2v) is 7.99. The van der Waals surface area contributed by atoms with Gasteiger partial charge in [0.25, 0.3) is 0 Å². The fraction of sp³-hybridized carbons (Fsp3) is 0.409. The summed E-state index contributed by atoms with van der Waals surface area (Å²) in [6.07, 6.45) is 1.65. The molecule has 2 bridgehead atoms. The van der Waals surface area contributed by atoms with E-state index in [1.807, 2.05) is 30.3 Å². The van der Waals surface area contributed by atoms with Crippen LogP contribution in [0.3, 0.4) is 0 Å². The number of furan rings is 1. The molecule has 10 heteroatoms. The van der Waals surface area contributed by atoms with E-state index in [-0.39, 0.29) is 6.10 Å². The predicted molar refractivity (Wildman–Crippen MR) is 109 cm³/mol. The number of benzene rings is 1. The van der Waals surface area contributed by atoms with Crippen LogP contribution in [0.15, 0.2) is 47.1 Å². The summed E-state index contributed by atoms with van der Waals surface area (Å²) in [6, 6.07) is 13.2. The van der Waals surface area contributed by atoms with E-state index in [2.05, 4.69) is 28.2 Å². The lowest BCUT2D eigenvalue weighted by atomic mass is 10.0. The number of hydrogen-bond donors (Lipinski definition) is 1. The van der Waals surface area contributed by atoms with Crippen molar-refractivity contribution in [2.24, 2.45) is 0 Å². The molecule has 3 aromatic rings. The first kappa shape index (κ1) is 22.1. The minimum atomic E-state index is -5.08. The highest BCUT2D eigenvalue weighted by molar-refractivity contribution is 5.82.